The molecule has 0 aliphatic heterocycles. The molecule has 0 amide bonds. The highest BCUT2D eigenvalue weighted by Crippen LogP contribution is 2.18. The summed E-state index contributed by atoms with van der Waals surface area (Å²) in [5.74, 6) is -2.51. The van der Waals surface area contributed by atoms with Crippen molar-refractivity contribution in [1.29, 1.82) is 0 Å². The SMILES string of the molecule is CCCCCCCC/C=C\CCCCCCC(O)(OC)C(=O)OC. The van der Waals surface area contributed by atoms with Gasteiger partial charge in [-0.3, -0.25) is 0 Å². The largest absolute Gasteiger partial charge is 0.465 e. The zero-order chi connectivity index (χ0) is 18.1. The van der Waals surface area contributed by atoms with E-state index in [0.29, 0.717) is 0 Å². The summed E-state index contributed by atoms with van der Waals surface area (Å²) in [5.41, 5.74) is 0. The van der Waals surface area contributed by atoms with Gasteiger partial charge in [0, 0.05) is 13.5 Å². The van der Waals surface area contributed by atoms with Crippen molar-refractivity contribution in [1.82, 2.24) is 0 Å². The number of carbonyl (C=O) groups is 1. The van der Waals surface area contributed by atoms with Crippen molar-refractivity contribution < 1.29 is 19.4 Å². The van der Waals surface area contributed by atoms with Gasteiger partial charge in [0.05, 0.1) is 7.11 Å². The number of hydrogen-bond donors (Lipinski definition) is 1. The molecule has 1 unspecified atom stereocenters. The molecular weight excluding hydrogens is 304 g/mol. The van der Waals surface area contributed by atoms with Gasteiger partial charge in [0.25, 0.3) is 5.79 Å². The molecule has 4 heteroatoms. The fraction of sp³-hybridized carbons (Fsp3) is 0.850. The van der Waals surface area contributed by atoms with Crippen molar-refractivity contribution in [3.8, 4) is 0 Å². The molecule has 0 rings (SSSR count). The molecule has 24 heavy (non-hydrogen) atoms. The maximum absolute atomic E-state index is 11.4. The Labute approximate surface area is 148 Å². The molecule has 0 aliphatic rings. The van der Waals surface area contributed by atoms with Crippen molar-refractivity contribution in [2.45, 2.75) is 96.2 Å². The molecule has 0 saturated heterocycles. The first-order chi connectivity index (χ1) is 11.6. The molecule has 0 aromatic carbocycles. The molecular formula is C20H38O4. The standard InChI is InChI=1S/C20H38O4/c1-4-5-6-7-8-9-10-11-12-13-14-15-16-17-18-20(22,24-3)19(21)23-2/h11-12,22H,4-10,13-18H2,1-3H3/b12-11-. The van der Waals surface area contributed by atoms with Gasteiger partial charge in [0.15, 0.2) is 0 Å². The van der Waals surface area contributed by atoms with E-state index in [2.05, 4.69) is 23.8 Å². The summed E-state index contributed by atoms with van der Waals surface area (Å²) in [7, 11) is 2.58. The van der Waals surface area contributed by atoms with E-state index in [0.717, 1.165) is 32.1 Å². The Hall–Kier alpha value is -0.870. The molecule has 1 atom stereocenters. The molecule has 0 aliphatic carbocycles. The first-order valence-electron chi connectivity index (χ1n) is 9.61. The van der Waals surface area contributed by atoms with Crippen LogP contribution in [0.25, 0.3) is 0 Å². The summed E-state index contributed by atoms with van der Waals surface area (Å²) in [6, 6.07) is 0. The summed E-state index contributed by atoms with van der Waals surface area (Å²) >= 11 is 0. The minimum absolute atomic E-state index is 0.282. The Bertz CT molecular complexity index is 328. The lowest BCUT2D eigenvalue weighted by Gasteiger charge is -2.22. The van der Waals surface area contributed by atoms with E-state index in [1.54, 1.807) is 0 Å². The summed E-state index contributed by atoms with van der Waals surface area (Å²) in [6.45, 7) is 2.25. The van der Waals surface area contributed by atoms with Crippen LogP contribution < -0.4 is 0 Å². The number of unbranched alkanes of at least 4 members (excludes halogenated alkanes) is 10. The monoisotopic (exact) mass is 342 g/mol. The summed E-state index contributed by atoms with van der Waals surface area (Å²) in [5, 5.41) is 9.97. The van der Waals surface area contributed by atoms with E-state index in [9.17, 15) is 9.90 Å². The smallest absolute Gasteiger partial charge is 0.366 e. The van der Waals surface area contributed by atoms with Gasteiger partial charge in [0.2, 0.25) is 0 Å². The van der Waals surface area contributed by atoms with Crippen LogP contribution in [0.5, 0.6) is 0 Å². The van der Waals surface area contributed by atoms with Gasteiger partial charge in [-0.2, -0.15) is 0 Å². The Kier molecular flexibility index (Phi) is 15.1. The van der Waals surface area contributed by atoms with Crippen LogP contribution in [0, 0.1) is 0 Å². The number of aliphatic hydroxyl groups is 1. The molecule has 0 heterocycles. The van der Waals surface area contributed by atoms with Crippen LogP contribution in [-0.4, -0.2) is 31.1 Å². The van der Waals surface area contributed by atoms with E-state index in [-0.39, 0.29) is 6.42 Å². The van der Waals surface area contributed by atoms with Crippen molar-refractivity contribution in [3.63, 3.8) is 0 Å². The van der Waals surface area contributed by atoms with Crippen LogP contribution in [0.4, 0.5) is 0 Å². The van der Waals surface area contributed by atoms with E-state index >= 15 is 0 Å². The van der Waals surface area contributed by atoms with Gasteiger partial charge in [0.1, 0.15) is 0 Å². The van der Waals surface area contributed by atoms with Crippen LogP contribution in [0.15, 0.2) is 12.2 Å². The van der Waals surface area contributed by atoms with Crippen LogP contribution in [0.3, 0.4) is 0 Å². The first-order valence-corrected chi connectivity index (χ1v) is 9.61. The second-order valence-corrected chi connectivity index (χ2v) is 6.46. The predicted molar refractivity (Wildman–Crippen MR) is 98.8 cm³/mol. The molecule has 1 N–H and O–H groups in total. The van der Waals surface area contributed by atoms with E-state index < -0.39 is 11.8 Å². The second-order valence-electron chi connectivity index (χ2n) is 6.46. The number of hydrogen-bond acceptors (Lipinski definition) is 4. The maximum Gasteiger partial charge on any atom is 0.366 e. The lowest BCUT2D eigenvalue weighted by molar-refractivity contribution is -0.219. The first kappa shape index (κ1) is 23.1. The number of allylic oxidation sites excluding steroid dienone is 2. The highest BCUT2D eigenvalue weighted by Gasteiger charge is 2.36. The lowest BCUT2D eigenvalue weighted by Crippen LogP contribution is -2.41. The molecule has 0 radical (unpaired) electrons. The highest BCUT2D eigenvalue weighted by atomic mass is 16.7. The Balaban J connectivity index is 3.47. The third kappa shape index (κ3) is 11.6. The van der Waals surface area contributed by atoms with E-state index in [1.807, 2.05) is 0 Å². The molecule has 0 spiro atoms. The predicted octanol–water partition coefficient (Wildman–Crippen LogP) is 5.14. The quantitative estimate of drug-likeness (QED) is 0.183. The average molecular weight is 343 g/mol. The van der Waals surface area contributed by atoms with Gasteiger partial charge in [-0.25, -0.2) is 4.79 Å². The van der Waals surface area contributed by atoms with Gasteiger partial charge < -0.3 is 14.6 Å². The second kappa shape index (κ2) is 15.6. The lowest BCUT2D eigenvalue weighted by atomic mass is 10.0. The molecule has 142 valence electrons. The highest BCUT2D eigenvalue weighted by molar-refractivity contribution is 5.77. The minimum Gasteiger partial charge on any atom is -0.465 e. The van der Waals surface area contributed by atoms with Gasteiger partial charge >= 0.3 is 5.97 Å². The third-order valence-corrected chi connectivity index (χ3v) is 4.37. The van der Waals surface area contributed by atoms with Gasteiger partial charge in [-0.05, 0) is 32.1 Å². The topological polar surface area (TPSA) is 55.8 Å². The summed E-state index contributed by atoms with van der Waals surface area (Å²) in [6.07, 6.45) is 19.3. The number of rotatable bonds is 16. The third-order valence-electron chi connectivity index (χ3n) is 4.37. The molecule has 4 nitrogen and oxygen atoms in total. The Morgan fingerprint density at radius 1 is 0.875 bits per heavy atom. The van der Waals surface area contributed by atoms with Crippen molar-refractivity contribution in [3.05, 3.63) is 12.2 Å². The number of methoxy groups -OCH3 is 2. The van der Waals surface area contributed by atoms with E-state index in [4.69, 9.17) is 4.74 Å². The molecule has 0 saturated carbocycles. The molecule has 0 aromatic heterocycles. The van der Waals surface area contributed by atoms with Gasteiger partial charge in [-0.15, -0.1) is 0 Å². The van der Waals surface area contributed by atoms with Crippen LogP contribution >= 0.6 is 0 Å². The van der Waals surface area contributed by atoms with Crippen LogP contribution in [0.1, 0.15) is 90.4 Å². The molecule has 0 bridgehead atoms. The number of carbonyl (C=O) groups excluding carboxylic acids is 1. The van der Waals surface area contributed by atoms with Crippen molar-refractivity contribution in [2.24, 2.45) is 0 Å². The fourth-order valence-corrected chi connectivity index (χ4v) is 2.71. The number of esters is 1. The fourth-order valence-electron chi connectivity index (χ4n) is 2.71. The van der Waals surface area contributed by atoms with Crippen molar-refractivity contribution in [2.75, 3.05) is 14.2 Å². The minimum atomic E-state index is -1.79. The van der Waals surface area contributed by atoms with Crippen LogP contribution in [0.2, 0.25) is 0 Å². The average Bonchev–Trinajstić information content (AvgIpc) is 2.61. The molecule has 0 aromatic rings. The normalized spacial score (nSPS) is 14.0. The van der Waals surface area contributed by atoms with Crippen molar-refractivity contribution >= 4 is 5.97 Å². The van der Waals surface area contributed by atoms with E-state index in [1.165, 1.54) is 59.2 Å². The Morgan fingerprint density at radius 2 is 1.38 bits per heavy atom. The zero-order valence-electron chi connectivity index (χ0n) is 16.0. The maximum atomic E-state index is 11.4. The summed E-state index contributed by atoms with van der Waals surface area (Å²) in [4.78, 5) is 11.4. The van der Waals surface area contributed by atoms with Gasteiger partial charge in [-0.1, -0.05) is 64.0 Å². The zero-order valence-corrected chi connectivity index (χ0v) is 16.0. The summed E-state index contributed by atoms with van der Waals surface area (Å²) < 4.78 is 9.43. The van der Waals surface area contributed by atoms with Crippen LogP contribution in [-0.2, 0) is 14.3 Å². The Morgan fingerprint density at radius 3 is 1.88 bits per heavy atom. The molecule has 0 fully saturated rings. The number of ether oxygens (including phenoxy) is 2.